The Morgan fingerprint density at radius 2 is 1.87 bits per heavy atom. The predicted molar refractivity (Wildman–Crippen MR) is 66.9 cm³/mol. The van der Waals surface area contributed by atoms with E-state index in [0.29, 0.717) is 0 Å². The van der Waals surface area contributed by atoms with Gasteiger partial charge < -0.3 is 0 Å². The third-order valence-corrected chi connectivity index (χ3v) is 3.79. The Morgan fingerprint density at radius 3 is 2.27 bits per heavy atom. The van der Waals surface area contributed by atoms with Gasteiger partial charge in [-0.05, 0) is 42.7 Å². The molecule has 1 aromatic carbocycles. The predicted octanol–water partition coefficient (Wildman–Crippen LogP) is 4.62. The maximum absolute atomic E-state index is 3.96. The molecule has 0 aliphatic heterocycles. The fraction of sp³-hybridized carbons (Fsp3) is 0.467. The van der Waals surface area contributed by atoms with Crippen molar-refractivity contribution in [1.29, 1.82) is 0 Å². The Hall–Kier alpha value is -1.04. The van der Waals surface area contributed by atoms with Crippen LogP contribution in [0.3, 0.4) is 0 Å². The van der Waals surface area contributed by atoms with Crippen molar-refractivity contribution in [3.05, 3.63) is 42.0 Å². The number of allylic oxidation sites excluding steroid dienone is 1. The lowest BCUT2D eigenvalue weighted by molar-refractivity contribution is 0.272. The van der Waals surface area contributed by atoms with Gasteiger partial charge in [0.05, 0.1) is 0 Å². The van der Waals surface area contributed by atoms with Gasteiger partial charge >= 0.3 is 0 Å². The summed E-state index contributed by atoms with van der Waals surface area (Å²) in [6, 6.07) is 8.94. The van der Waals surface area contributed by atoms with Gasteiger partial charge in [0, 0.05) is 0 Å². The maximum atomic E-state index is 3.96. The summed E-state index contributed by atoms with van der Waals surface area (Å²) in [7, 11) is 0. The number of rotatable bonds is 3. The number of benzene rings is 1. The second kappa shape index (κ2) is 4.22. The lowest BCUT2D eigenvalue weighted by Crippen LogP contribution is -2.17. The van der Waals surface area contributed by atoms with Crippen molar-refractivity contribution >= 4 is 5.57 Å². The molecule has 1 unspecified atom stereocenters. The second-order valence-electron chi connectivity index (χ2n) is 4.88. The average Bonchev–Trinajstić information content (AvgIpc) is 2.15. The van der Waals surface area contributed by atoms with E-state index in [1.807, 2.05) is 0 Å². The molecule has 0 amide bonds. The molecule has 0 aromatic heterocycles. The van der Waals surface area contributed by atoms with Gasteiger partial charge in [0.1, 0.15) is 0 Å². The number of hydrogen-bond acceptors (Lipinski definition) is 0. The molecule has 0 saturated heterocycles. The zero-order chi connectivity index (χ0) is 10.8. The van der Waals surface area contributed by atoms with Gasteiger partial charge in [-0.3, -0.25) is 0 Å². The molecule has 2 rings (SSSR count). The van der Waals surface area contributed by atoms with E-state index in [9.17, 15) is 0 Å². The van der Waals surface area contributed by atoms with Crippen molar-refractivity contribution < 1.29 is 0 Å². The fourth-order valence-corrected chi connectivity index (χ4v) is 2.28. The third kappa shape index (κ3) is 2.14. The highest BCUT2D eigenvalue weighted by Crippen LogP contribution is 2.38. The van der Waals surface area contributed by atoms with E-state index in [4.69, 9.17) is 0 Å². The molecule has 80 valence electrons. The first-order valence-corrected chi connectivity index (χ1v) is 5.94. The van der Waals surface area contributed by atoms with E-state index in [2.05, 4.69) is 44.7 Å². The first kappa shape index (κ1) is 10.5. The van der Waals surface area contributed by atoms with Crippen LogP contribution in [0.4, 0.5) is 0 Å². The molecule has 15 heavy (non-hydrogen) atoms. The molecule has 0 radical (unpaired) electrons. The smallest absolute Gasteiger partial charge is 0.0162 e. The van der Waals surface area contributed by atoms with Crippen LogP contribution >= 0.6 is 0 Å². The summed E-state index contributed by atoms with van der Waals surface area (Å²) in [6.07, 6.45) is 4.27. The number of hydrogen-bond donors (Lipinski definition) is 0. The van der Waals surface area contributed by atoms with Gasteiger partial charge in [0.15, 0.2) is 0 Å². The van der Waals surface area contributed by atoms with Crippen LogP contribution in [-0.2, 0) is 0 Å². The van der Waals surface area contributed by atoms with Crippen molar-refractivity contribution in [1.82, 2.24) is 0 Å². The van der Waals surface area contributed by atoms with E-state index in [1.165, 1.54) is 30.4 Å². The molecular weight excluding hydrogens is 180 g/mol. The minimum Gasteiger partial charge on any atom is -0.0955 e. The summed E-state index contributed by atoms with van der Waals surface area (Å²) in [5.41, 5.74) is 3.90. The molecule has 1 aliphatic rings. The van der Waals surface area contributed by atoms with Crippen LogP contribution in [0.2, 0.25) is 0 Å². The Kier molecular flexibility index (Phi) is 2.95. The summed E-state index contributed by atoms with van der Waals surface area (Å²) >= 11 is 0. The van der Waals surface area contributed by atoms with E-state index in [0.717, 1.165) is 17.4 Å². The summed E-state index contributed by atoms with van der Waals surface area (Å²) in [5, 5.41) is 0. The Bertz CT molecular complexity index is 341. The first-order valence-electron chi connectivity index (χ1n) is 5.94. The molecule has 0 nitrogen and oxygen atoms in total. The van der Waals surface area contributed by atoms with E-state index in [1.54, 1.807) is 0 Å². The van der Waals surface area contributed by atoms with Crippen LogP contribution in [0, 0.1) is 5.92 Å². The van der Waals surface area contributed by atoms with Gasteiger partial charge in [0.25, 0.3) is 0 Å². The fourth-order valence-electron chi connectivity index (χ4n) is 2.28. The molecule has 1 fully saturated rings. The van der Waals surface area contributed by atoms with Crippen LogP contribution in [-0.4, -0.2) is 0 Å². The first-order chi connectivity index (χ1) is 7.18. The Morgan fingerprint density at radius 1 is 1.27 bits per heavy atom. The quantitative estimate of drug-likeness (QED) is 0.667. The lowest BCUT2D eigenvalue weighted by atomic mass is 9.74. The summed E-state index contributed by atoms with van der Waals surface area (Å²) in [5.74, 6) is 1.67. The highest BCUT2D eigenvalue weighted by molar-refractivity contribution is 5.61. The van der Waals surface area contributed by atoms with E-state index < -0.39 is 0 Å². The van der Waals surface area contributed by atoms with Crippen LogP contribution in [0.15, 0.2) is 30.8 Å². The SMILES string of the molecule is C=C(C)c1ccc(C(C)C2CCC2)cc1. The molecule has 1 aromatic rings. The zero-order valence-electron chi connectivity index (χ0n) is 9.79. The molecule has 1 saturated carbocycles. The Balaban J connectivity index is 2.11. The standard InChI is InChI=1S/C15H20/c1-11(2)13-7-9-15(10-8-13)12(3)14-5-4-6-14/h7-10,12,14H,1,4-6H2,2-3H3. The minimum absolute atomic E-state index is 0.734. The van der Waals surface area contributed by atoms with Gasteiger partial charge in [-0.15, -0.1) is 0 Å². The lowest BCUT2D eigenvalue weighted by Gasteiger charge is -2.31. The highest BCUT2D eigenvalue weighted by Gasteiger charge is 2.24. The van der Waals surface area contributed by atoms with E-state index in [-0.39, 0.29) is 0 Å². The zero-order valence-corrected chi connectivity index (χ0v) is 9.79. The van der Waals surface area contributed by atoms with Crippen molar-refractivity contribution in [2.75, 3.05) is 0 Å². The summed E-state index contributed by atoms with van der Waals surface area (Å²) in [6.45, 7) is 8.38. The maximum Gasteiger partial charge on any atom is -0.0162 e. The van der Waals surface area contributed by atoms with Crippen molar-refractivity contribution in [3.63, 3.8) is 0 Å². The summed E-state index contributed by atoms with van der Waals surface area (Å²) < 4.78 is 0. The van der Waals surface area contributed by atoms with Crippen molar-refractivity contribution in [2.24, 2.45) is 5.92 Å². The highest BCUT2D eigenvalue weighted by atomic mass is 14.3. The molecule has 0 bridgehead atoms. The van der Waals surface area contributed by atoms with Gasteiger partial charge in [-0.2, -0.15) is 0 Å². The summed E-state index contributed by atoms with van der Waals surface area (Å²) in [4.78, 5) is 0. The molecule has 0 heterocycles. The van der Waals surface area contributed by atoms with Crippen LogP contribution in [0.1, 0.15) is 50.2 Å². The van der Waals surface area contributed by atoms with Gasteiger partial charge in [-0.1, -0.05) is 49.8 Å². The minimum atomic E-state index is 0.734. The Labute approximate surface area is 93.0 Å². The topological polar surface area (TPSA) is 0 Å². The molecule has 1 atom stereocenters. The van der Waals surface area contributed by atoms with Crippen LogP contribution in [0.5, 0.6) is 0 Å². The van der Waals surface area contributed by atoms with Crippen molar-refractivity contribution in [3.8, 4) is 0 Å². The van der Waals surface area contributed by atoms with E-state index >= 15 is 0 Å². The molecular formula is C15H20. The molecule has 0 N–H and O–H groups in total. The third-order valence-electron chi connectivity index (χ3n) is 3.79. The monoisotopic (exact) mass is 200 g/mol. The largest absolute Gasteiger partial charge is 0.0955 e. The molecule has 0 spiro atoms. The van der Waals surface area contributed by atoms with Crippen LogP contribution in [0.25, 0.3) is 5.57 Å². The van der Waals surface area contributed by atoms with Gasteiger partial charge in [-0.25, -0.2) is 0 Å². The molecule has 1 aliphatic carbocycles. The second-order valence-corrected chi connectivity index (χ2v) is 4.88. The van der Waals surface area contributed by atoms with Crippen LogP contribution < -0.4 is 0 Å². The molecule has 0 heteroatoms. The average molecular weight is 200 g/mol. The normalized spacial score (nSPS) is 18.3. The van der Waals surface area contributed by atoms with Gasteiger partial charge in [0.2, 0.25) is 0 Å². The van der Waals surface area contributed by atoms with Crippen molar-refractivity contribution in [2.45, 2.75) is 39.0 Å².